The van der Waals surface area contributed by atoms with Crippen molar-refractivity contribution in [2.75, 3.05) is 13.2 Å². The Morgan fingerprint density at radius 3 is 1.80 bits per heavy atom. The number of aromatic nitrogens is 3. The summed E-state index contributed by atoms with van der Waals surface area (Å²) in [5.41, 5.74) is 1.16. The van der Waals surface area contributed by atoms with E-state index in [1.165, 1.54) is 6.42 Å². The first kappa shape index (κ1) is 40.0. The molecule has 2 saturated heterocycles. The minimum absolute atomic E-state index is 0.219. The number of halogens is 9. The summed E-state index contributed by atoms with van der Waals surface area (Å²) in [6.45, 7) is 3.30. The van der Waals surface area contributed by atoms with Crippen molar-refractivity contribution in [3.63, 3.8) is 0 Å². The van der Waals surface area contributed by atoms with E-state index in [2.05, 4.69) is 26.5 Å². The quantitative estimate of drug-likeness (QED) is 0.376. The van der Waals surface area contributed by atoms with E-state index in [1.54, 1.807) is 12.4 Å². The fraction of sp³-hybridized carbons (Fsp3) is 0.560. The van der Waals surface area contributed by atoms with Gasteiger partial charge in [-0.15, -0.1) is 0 Å². The number of fused-ring (bicyclic) bond motifs is 1. The summed E-state index contributed by atoms with van der Waals surface area (Å²) < 4.78 is 109. The lowest BCUT2D eigenvalue weighted by atomic mass is 9.99. The molecule has 3 N–H and O–H groups in total. The Labute approximate surface area is 254 Å². The van der Waals surface area contributed by atoms with E-state index in [0.29, 0.717) is 25.4 Å². The zero-order chi connectivity index (χ0) is 35.3. The van der Waals surface area contributed by atoms with Gasteiger partial charge < -0.3 is 29.4 Å². The normalized spacial score (nSPS) is 19.7. The monoisotopic (exact) mass is 684 g/mol. The van der Waals surface area contributed by atoms with E-state index in [9.17, 15) is 39.5 Å². The van der Waals surface area contributed by atoms with Gasteiger partial charge in [0, 0.05) is 44.4 Å². The van der Waals surface area contributed by atoms with E-state index in [4.69, 9.17) is 39.2 Å². The summed E-state index contributed by atoms with van der Waals surface area (Å²) in [5, 5.41) is 21.4. The molecule has 21 heteroatoms. The number of hydrogen-bond acceptors (Lipinski definition) is 8. The highest BCUT2D eigenvalue weighted by molar-refractivity contribution is 5.73. The van der Waals surface area contributed by atoms with E-state index in [-0.39, 0.29) is 6.10 Å². The van der Waals surface area contributed by atoms with Gasteiger partial charge in [-0.2, -0.15) is 39.5 Å². The highest BCUT2D eigenvalue weighted by atomic mass is 19.4. The lowest BCUT2D eigenvalue weighted by Gasteiger charge is -2.35. The van der Waals surface area contributed by atoms with Gasteiger partial charge in [0.2, 0.25) is 0 Å². The van der Waals surface area contributed by atoms with Gasteiger partial charge in [-0.3, -0.25) is 9.88 Å². The van der Waals surface area contributed by atoms with Crippen LogP contribution in [0.15, 0.2) is 36.9 Å². The molecule has 0 saturated carbocycles. The Morgan fingerprint density at radius 1 is 0.870 bits per heavy atom. The van der Waals surface area contributed by atoms with Crippen molar-refractivity contribution in [1.82, 2.24) is 19.4 Å². The van der Waals surface area contributed by atoms with Gasteiger partial charge in [0.05, 0.1) is 32.0 Å². The molecule has 260 valence electrons. The van der Waals surface area contributed by atoms with Gasteiger partial charge in [-0.05, 0) is 37.0 Å². The number of imidazole rings is 1. The predicted molar refractivity (Wildman–Crippen MR) is 135 cm³/mol. The summed E-state index contributed by atoms with van der Waals surface area (Å²) in [5.74, 6) is -7.14. The third-order valence-corrected chi connectivity index (χ3v) is 6.07. The molecule has 0 spiro atoms. The molecular weight excluding hydrogens is 655 g/mol. The average molecular weight is 685 g/mol. The molecule has 2 fully saturated rings. The van der Waals surface area contributed by atoms with Gasteiger partial charge in [0.15, 0.2) is 0 Å². The Hall–Kier alpha value is -3.98. The predicted octanol–water partition coefficient (Wildman–Crippen LogP) is 4.05. The van der Waals surface area contributed by atoms with E-state index in [1.807, 2.05) is 24.5 Å². The Balaban J connectivity index is 0.000000413. The van der Waals surface area contributed by atoms with Crippen LogP contribution in [0.5, 0.6) is 0 Å². The van der Waals surface area contributed by atoms with Crippen LogP contribution in [0.1, 0.15) is 30.7 Å². The number of alkyl halides is 9. The third kappa shape index (κ3) is 14.9. The topological polar surface area (TPSA) is 164 Å². The Kier molecular flexibility index (Phi) is 15.4. The first-order valence-electron chi connectivity index (χ1n) is 12.9. The zero-order valence-corrected chi connectivity index (χ0v) is 23.7. The molecule has 0 aliphatic carbocycles. The van der Waals surface area contributed by atoms with Crippen LogP contribution in [0.4, 0.5) is 39.5 Å². The minimum atomic E-state index is -5.08. The molecule has 4 rings (SSSR count). The largest absolute Gasteiger partial charge is 0.490 e. The molecule has 2 aromatic rings. The standard InChI is InChI=1S/C19H26N4O2.3C2HF3O2/c1-22-11-9-21-19(22)12-23-10-6-18-17(23)3-2-16(25-18)14-24-13-15-4-7-20-8-5-15;3*3-2(4,5)1(6)7/h4-5,7-9,11,16-18H,2-3,6,10,12-14H2,1H3;3*(H,6,7)/t16-,17-,18-;;;/m0.../s1. The Bertz CT molecular complexity index is 1180. The molecule has 0 aromatic carbocycles. The number of carboxylic acids is 3. The van der Waals surface area contributed by atoms with Crippen LogP contribution in [0.25, 0.3) is 0 Å². The van der Waals surface area contributed by atoms with Crippen molar-refractivity contribution in [3.8, 4) is 0 Å². The molecule has 2 aliphatic heterocycles. The van der Waals surface area contributed by atoms with Gasteiger partial charge in [0.1, 0.15) is 5.82 Å². The number of likely N-dealkylation sites (tertiary alicyclic amines) is 1. The average Bonchev–Trinajstić information content (AvgIpc) is 3.54. The molecule has 3 atom stereocenters. The molecule has 2 aromatic heterocycles. The maximum Gasteiger partial charge on any atom is 0.490 e. The SMILES string of the molecule is Cn1ccnc1CN1CC[C@@H]2O[C@H](COCc3ccncc3)CC[C@@H]21.O=C(O)C(F)(F)F.O=C(O)C(F)(F)F.O=C(O)C(F)(F)F. The summed E-state index contributed by atoms with van der Waals surface area (Å²) >= 11 is 0. The van der Waals surface area contributed by atoms with Gasteiger partial charge in [0.25, 0.3) is 0 Å². The second kappa shape index (κ2) is 17.6. The smallest absolute Gasteiger partial charge is 0.475 e. The van der Waals surface area contributed by atoms with Crippen LogP contribution in [-0.2, 0) is 44.1 Å². The highest BCUT2D eigenvalue weighted by Crippen LogP contribution is 2.32. The lowest BCUT2D eigenvalue weighted by Crippen LogP contribution is -2.43. The van der Waals surface area contributed by atoms with Gasteiger partial charge in [-0.1, -0.05) is 0 Å². The van der Waals surface area contributed by atoms with Crippen LogP contribution in [0, 0.1) is 0 Å². The van der Waals surface area contributed by atoms with Crippen LogP contribution in [-0.4, -0.2) is 103 Å². The molecular formula is C25H29F9N4O8. The van der Waals surface area contributed by atoms with Gasteiger partial charge >= 0.3 is 36.4 Å². The summed E-state index contributed by atoms with van der Waals surface area (Å²) in [6.07, 6.45) is -3.86. The van der Waals surface area contributed by atoms with Crippen LogP contribution in [0.3, 0.4) is 0 Å². The lowest BCUT2D eigenvalue weighted by molar-refractivity contribution is -0.193. The zero-order valence-electron chi connectivity index (χ0n) is 23.7. The first-order chi connectivity index (χ1) is 21.1. The Morgan fingerprint density at radius 2 is 1.37 bits per heavy atom. The second-order valence-electron chi connectivity index (χ2n) is 9.43. The number of aliphatic carboxylic acids is 3. The van der Waals surface area contributed by atoms with E-state index < -0.39 is 36.4 Å². The van der Waals surface area contributed by atoms with Crippen LogP contribution < -0.4 is 0 Å². The fourth-order valence-corrected chi connectivity index (χ4v) is 3.92. The molecule has 12 nitrogen and oxygen atoms in total. The maximum absolute atomic E-state index is 10.6. The number of aryl methyl sites for hydroxylation is 1. The van der Waals surface area contributed by atoms with Crippen molar-refractivity contribution in [2.45, 2.75) is 69.2 Å². The summed E-state index contributed by atoms with van der Waals surface area (Å²) in [7, 11) is 2.06. The number of hydrogen-bond donors (Lipinski definition) is 3. The molecule has 0 unspecified atom stereocenters. The minimum Gasteiger partial charge on any atom is -0.475 e. The van der Waals surface area contributed by atoms with E-state index in [0.717, 1.165) is 37.3 Å². The van der Waals surface area contributed by atoms with Crippen molar-refractivity contribution in [3.05, 3.63) is 48.3 Å². The van der Waals surface area contributed by atoms with Crippen molar-refractivity contribution < 1.29 is 78.7 Å². The summed E-state index contributed by atoms with van der Waals surface area (Å²) in [4.78, 5) is 37.7. The third-order valence-electron chi connectivity index (χ3n) is 6.07. The number of carboxylic acid groups (broad SMARTS) is 3. The molecule has 0 bridgehead atoms. The van der Waals surface area contributed by atoms with Gasteiger partial charge in [-0.25, -0.2) is 19.4 Å². The number of nitrogens with zero attached hydrogens (tertiary/aromatic N) is 4. The molecule has 0 radical (unpaired) electrons. The molecule has 2 aliphatic rings. The second-order valence-corrected chi connectivity index (χ2v) is 9.43. The maximum atomic E-state index is 10.6. The first-order valence-corrected chi connectivity index (χ1v) is 12.9. The summed E-state index contributed by atoms with van der Waals surface area (Å²) in [6, 6.07) is 4.50. The van der Waals surface area contributed by atoms with Crippen molar-refractivity contribution in [1.29, 1.82) is 0 Å². The molecule has 4 heterocycles. The van der Waals surface area contributed by atoms with Crippen molar-refractivity contribution in [2.24, 2.45) is 7.05 Å². The number of ether oxygens (including phenoxy) is 2. The highest BCUT2D eigenvalue weighted by Gasteiger charge is 2.41. The number of carbonyl (C=O) groups is 3. The van der Waals surface area contributed by atoms with Crippen LogP contribution >= 0.6 is 0 Å². The van der Waals surface area contributed by atoms with Crippen LogP contribution in [0.2, 0.25) is 0 Å². The molecule has 46 heavy (non-hydrogen) atoms. The fourth-order valence-electron chi connectivity index (χ4n) is 3.92. The number of pyridine rings is 1. The van der Waals surface area contributed by atoms with E-state index >= 15 is 0 Å². The number of rotatable bonds is 6. The van der Waals surface area contributed by atoms with Crippen molar-refractivity contribution >= 4 is 17.9 Å². The molecule has 0 amide bonds.